The fraction of sp³-hybridized carbons (Fsp3) is 1.00. The van der Waals surface area contributed by atoms with E-state index in [1.165, 1.54) is 43.9 Å². The summed E-state index contributed by atoms with van der Waals surface area (Å²) in [6.07, 6.45) is 4.79. The summed E-state index contributed by atoms with van der Waals surface area (Å²) in [6, 6.07) is 0. The minimum absolute atomic E-state index is 0.0302. The molecule has 1 heterocycles. The van der Waals surface area contributed by atoms with Crippen LogP contribution in [0.3, 0.4) is 0 Å². The summed E-state index contributed by atoms with van der Waals surface area (Å²) in [4.78, 5) is 2.56. The number of thioether (sulfide) groups is 1. The van der Waals surface area contributed by atoms with Gasteiger partial charge in [0, 0.05) is 31.1 Å². The van der Waals surface area contributed by atoms with Gasteiger partial charge in [0.25, 0.3) is 0 Å². The van der Waals surface area contributed by atoms with Crippen LogP contribution in [0.2, 0.25) is 0 Å². The number of hydrogen-bond acceptors (Lipinski definition) is 3. The van der Waals surface area contributed by atoms with E-state index in [2.05, 4.69) is 23.6 Å². The van der Waals surface area contributed by atoms with Crippen molar-refractivity contribution in [3.63, 3.8) is 0 Å². The molecule has 2 rings (SSSR count). The van der Waals surface area contributed by atoms with E-state index in [-0.39, 0.29) is 6.10 Å². The normalized spacial score (nSPS) is 37.5. The van der Waals surface area contributed by atoms with E-state index in [4.69, 9.17) is 0 Å². The average molecular weight is 243 g/mol. The second kappa shape index (κ2) is 6.27. The molecular weight excluding hydrogens is 218 g/mol. The van der Waals surface area contributed by atoms with Crippen LogP contribution in [-0.2, 0) is 0 Å². The molecule has 16 heavy (non-hydrogen) atoms. The summed E-state index contributed by atoms with van der Waals surface area (Å²) >= 11 is 2.06. The highest BCUT2D eigenvalue weighted by molar-refractivity contribution is 7.99. The SMILES string of the molecule is CCC1CCC(O)C(CN2CCSCC2)C1. The lowest BCUT2D eigenvalue weighted by Gasteiger charge is -2.37. The molecule has 0 aromatic heterocycles. The lowest BCUT2D eigenvalue weighted by molar-refractivity contribution is 0.0284. The molecule has 3 heteroatoms. The largest absolute Gasteiger partial charge is 0.393 e. The second-order valence-electron chi connectivity index (χ2n) is 5.33. The van der Waals surface area contributed by atoms with Crippen molar-refractivity contribution in [2.75, 3.05) is 31.1 Å². The Morgan fingerprint density at radius 1 is 1.25 bits per heavy atom. The zero-order chi connectivity index (χ0) is 11.4. The number of hydrogen-bond donors (Lipinski definition) is 1. The molecule has 0 radical (unpaired) electrons. The molecular formula is C13H25NOS. The fourth-order valence-electron chi connectivity index (χ4n) is 3.03. The lowest BCUT2D eigenvalue weighted by Crippen LogP contribution is -2.42. The fourth-order valence-corrected chi connectivity index (χ4v) is 4.01. The Morgan fingerprint density at radius 3 is 2.69 bits per heavy atom. The standard InChI is InChI=1S/C13H25NOS/c1-2-11-3-4-13(15)12(9-11)10-14-5-7-16-8-6-14/h11-13,15H,2-10H2,1H3. The lowest BCUT2D eigenvalue weighted by atomic mass is 9.78. The number of aliphatic hydroxyl groups excluding tert-OH is 1. The third kappa shape index (κ3) is 3.38. The Bertz CT molecular complexity index is 206. The second-order valence-corrected chi connectivity index (χ2v) is 6.55. The maximum absolute atomic E-state index is 10.1. The van der Waals surface area contributed by atoms with Gasteiger partial charge in [0.15, 0.2) is 0 Å². The summed E-state index contributed by atoms with van der Waals surface area (Å²) in [5.41, 5.74) is 0. The van der Waals surface area contributed by atoms with E-state index >= 15 is 0 Å². The Labute approximate surface area is 104 Å². The summed E-state index contributed by atoms with van der Waals surface area (Å²) in [6.45, 7) is 5.88. The highest BCUT2D eigenvalue weighted by atomic mass is 32.2. The van der Waals surface area contributed by atoms with Crippen molar-refractivity contribution < 1.29 is 5.11 Å². The van der Waals surface area contributed by atoms with Crippen LogP contribution >= 0.6 is 11.8 Å². The van der Waals surface area contributed by atoms with Crippen LogP contribution in [0.5, 0.6) is 0 Å². The van der Waals surface area contributed by atoms with Gasteiger partial charge in [0.2, 0.25) is 0 Å². The van der Waals surface area contributed by atoms with Crippen LogP contribution in [-0.4, -0.2) is 47.3 Å². The number of aliphatic hydroxyl groups is 1. The van der Waals surface area contributed by atoms with E-state index in [9.17, 15) is 5.11 Å². The summed E-state index contributed by atoms with van der Waals surface area (Å²) in [7, 11) is 0. The molecule has 1 aliphatic carbocycles. The van der Waals surface area contributed by atoms with E-state index in [0.717, 1.165) is 18.9 Å². The zero-order valence-corrected chi connectivity index (χ0v) is 11.2. The molecule has 2 fully saturated rings. The van der Waals surface area contributed by atoms with Gasteiger partial charge in [-0.3, -0.25) is 0 Å². The monoisotopic (exact) mass is 243 g/mol. The first-order chi connectivity index (χ1) is 7.79. The molecule has 0 amide bonds. The van der Waals surface area contributed by atoms with Crippen LogP contribution in [0, 0.1) is 11.8 Å². The summed E-state index contributed by atoms with van der Waals surface area (Å²) < 4.78 is 0. The third-order valence-electron chi connectivity index (χ3n) is 4.22. The molecule has 0 aromatic carbocycles. The minimum atomic E-state index is -0.0302. The average Bonchev–Trinajstić information content (AvgIpc) is 2.33. The van der Waals surface area contributed by atoms with E-state index in [1.807, 2.05) is 0 Å². The van der Waals surface area contributed by atoms with Crippen molar-refractivity contribution in [2.45, 2.75) is 38.7 Å². The molecule has 2 aliphatic rings. The van der Waals surface area contributed by atoms with Crippen molar-refractivity contribution in [3.8, 4) is 0 Å². The molecule has 2 nitrogen and oxygen atoms in total. The Balaban J connectivity index is 1.81. The molecule has 1 saturated heterocycles. The predicted molar refractivity (Wildman–Crippen MR) is 70.9 cm³/mol. The van der Waals surface area contributed by atoms with Crippen molar-refractivity contribution in [1.82, 2.24) is 4.90 Å². The first-order valence-corrected chi connectivity index (χ1v) is 7.93. The van der Waals surface area contributed by atoms with Gasteiger partial charge in [-0.05, 0) is 31.1 Å². The molecule has 1 N–H and O–H groups in total. The zero-order valence-electron chi connectivity index (χ0n) is 10.4. The maximum Gasteiger partial charge on any atom is 0.0580 e. The van der Waals surface area contributed by atoms with Crippen LogP contribution in [0.15, 0.2) is 0 Å². The van der Waals surface area contributed by atoms with Crippen LogP contribution in [0.25, 0.3) is 0 Å². The molecule has 1 aliphatic heterocycles. The van der Waals surface area contributed by atoms with Gasteiger partial charge in [0.1, 0.15) is 0 Å². The van der Waals surface area contributed by atoms with Crippen LogP contribution in [0.1, 0.15) is 32.6 Å². The molecule has 0 spiro atoms. The molecule has 3 unspecified atom stereocenters. The topological polar surface area (TPSA) is 23.5 Å². The molecule has 1 saturated carbocycles. The Hall–Kier alpha value is 0.270. The summed E-state index contributed by atoms with van der Waals surface area (Å²) in [5, 5.41) is 10.1. The summed E-state index contributed by atoms with van der Waals surface area (Å²) in [5.74, 6) is 3.97. The number of nitrogens with zero attached hydrogens (tertiary/aromatic N) is 1. The number of rotatable bonds is 3. The van der Waals surface area contributed by atoms with Crippen molar-refractivity contribution in [2.24, 2.45) is 11.8 Å². The van der Waals surface area contributed by atoms with Gasteiger partial charge in [-0.1, -0.05) is 13.3 Å². The third-order valence-corrected chi connectivity index (χ3v) is 5.17. The molecule has 94 valence electrons. The highest BCUT2D eigenvalue weighted by Crippen LogP contribution is 2.32. The van der Waals surface area contributed by atoms with Crippen molar-refractivity contribution >= 4 is 11.8 Å². The first kappa shape index (κ1) is 12.7. The maximum atomic E-state index is 10.1. The van der Waals surface area contributed by atoms with E-state index in [1.54, 1.807) is 0 Å². The molecule has 3 atom stereocenters. The van der Waals surface area contributed by atoms with Gasteiger partial charge in [-0.25, -0.2) is 0 Å². The van der Waals surface area contributed by atoms with Gasteiger partial charge in [-0.15, -0.1) is 0 Å². The van der Waals surface area contributed by atoms with Crippen LogP contribution in [0.4, 0.5) is 0 Å². The minimum Gasteiger partial charge on any atom is -0.393 e. The highest BCUT2D eigenvalue weighted by Gasteiger charge is 2.29. The molecule has 0 bridgehead atoms. The van der Waals surface area contributed by atoms with Gasteiger partial charge in [0.05, 0.1) is 6.10 Å². The van der Waals surface area contributed by atoms with Gasteiger partial charge < -0.3 is 10.0 Å². The Kier molecular flexibility index (Phi) is 4.98. The van der Waals surface area contributed by atoms with E-state index < -0.39 is 0 Å². The molecule has 0 aromatic rings. The smallest absolute Gasteiger partial charge is 0.0580 e. The van der Waals surface area contributed by atoms with Gasteiger partial charge in [-0.2, -0.15) is 11.8 Å². The predicted octanol–water partition coefficient (Wildman–Crippen LogP) is 2.22. The van der Waals surface area contributed by atoms with Gasteiger partial charge >= 0.3 is 0 Å². The first-order valence-electron chi connectivity index (χ1n) is 6.77. The Morgan fingerprint density at radius 2 is 2.00 bits per heavy atom. The van der Waals surface area contributed by atoms with E-state index in [0.29, 0.717) is 5.92 Å². The van der Waals surface area contributed by atoms with Crippen molar-refractivity contribution in [3.05, 3.63) is 0 Å². The van der Waals surface area contributed by atoms with Crippen LogP contribution < -0.4 is 0 Å². The quantitative estimate of drug-likeness (QED) is 0.822. The van der Waals surface area contributed by atoms with Crippen molar-refractivity contribution in [1.29, 1.82) is 0 Å².